The Balaban J connectivity index is 2.32. The summed E-state index contributed by atoms with van der Waals surface area (Å²) >= 11 is 0. The van der Waals surface area contributed by atoms with Crippen molar-refractivity contribution in [3.8, 4) is 5.75 Å². The van der Waals surface area contributed by atoms with Crippen molar-refractivity contribution in [2.75, 3.05) is 13.2 Å². The minimum absolute atomic E-state index is 0.0628. The van der Waals surface area contributed by atoms with Crippen molar-refractivity contribution in [2.45, 2.75) is 13.0 Å². The molecule has 1 heterocycles. The van der Waals surface area contributed by atoms with E-state index in [9.17, 15) is 9.59 Å². The molecule has 0 aliphatic rings. The average Bonchev–Trinajstić information content (AvgIpc) is 2.39. The fraction of sp³-hybridized carbons (Fsp3) is 0.364. The van der Waals surface area contributed by atoms with Crippen molar-refractivity contribution in [3.05, 3.63) is 24.0 Å². The number of carbonyl (C=O) groups is 2. The number of rotatable bonds is 6. The van der Waals surface area contributed by atoms with Crippen molar-refractivity contribution in [2.24, 2.45) is 5.73 Å². The van der Waals surface area contributed by atoms with Gasteiger partial charge in [0.1, 0.15) is 12.4 Å². The van der Waals surface area contributed by atoms with E-state index in [4.69, 9.17) is 15.6 Å². The van der Waals surface area contributed by atoms with Crippen LogP contribution in [0.2, 0.25) is 0 Å². The fourth-order valence-electron chi connectivity index (χ4n) is 1.04. The number of ether oxygens (including phenoxy) is 2. The van der Waals surface area contributed by atoms with E-state index < -0.39 is 6.16 Å². The summed E-state index contributed by atoms with van der Waals surface area (Å²) in [5.74, 6) is -0.000818. The Hall–Kier alpha value is -1.99. The summed E-state index contributed by atoms with van der Waals surface area (Å²) in [7, 11) is 0. The predicted molar refractivity (Wildman–Crippen MR) is 60.8 cm³/mol. The normalized spacial score (nSPS) is 9.89. The second-order valence-electron chi connectivity index (χ2n) is 3.34. The maximum atomic E-state index is 11.2. The number of pyridine rings is 1. The van der Waals surface area contributed by atoms with Crippen molar-refractivity contribution in [1.29, 1.82) is 0 Å². The van der Waals surface area contributed by atoms with Gasteiger partial charge in [0.25, 0.3) is 0 Å². The number of aliphatic hydroxyl groups excluding tert-OH is 1. The Bertz CT molecular complexity index is 404. The molecule has 0 spiro atoms. The smallest absolute Gasteiger partial charge is 0.434 e. The molecule has 0 amide bonds. The van der Waals surface area contributed by atoms with Gasteiger partial charge >= 0.3 is 6.16 Å². The van der Waals surface area contributed by atoms with E-state index in [1.807, 2.05) is 0 Å². The molecule has 18 heavy (non-hydrogen) atoms. The number of aromatic nitrogens is 1. The third kappa shape index (κ3) is 4.89. The molecular weight excluding hydrogens is 240 g/mol. The molecule has 0 atom stereocenters. The van der Waals surface area contributed by atoms with Crippen LogP contribution in [0.4, 0.5) is 4.79 Å². The van der Waals surface area contributed by atoms with Crippen LogP contribution in [0, 0.1) is 0 Å². The van der Waals surface area contributed by atoms with Gasteiger partial charge in [-0.1, -0.05) is 0 Å². The van der Waals surface area contributed by atoms with Crippen LogP contribution in [0.15, 0.2) is 18.3 Å². The van der Waals surface area contributed by atoms with E-state index in [0.717, 1.165) is 0 Å². The van der Waals surface area contributed by atoms with Crippen LogP contribution in [0.25, 0.3) is 0 Å². The first-order chi connectivity index (χ1) is 8.65. The van der Waals surface area contributed by atoms with Gasteiger partial charge in [-0.2, -0.15) is 0 Å². The molecule has 0 aromatic carbocycles. The topological polar surface area (TPSA) is 112 Å². The first-order valence-corrected chi connectivity index (χ1v) is 5.28. The summed E-state index contributed by atoms with van der Waals surface area (Å²) in [6.45, 7) is -0.339. The lowest BCUT2D eigenvalue weighted by Crippen LogP contribution is -2.18. The van der Waals surface area contributed by atoms with Gasteiger partial charge in [0.2, 0.25) is 0 Å². The zero-order chi connectivity index (χ0) is 13.4. The lowest BCUT2D eigenvalue weighted by molar-refractivity contribution is -0.118. The number of nitrogens with two attached hydrogens (primary N) is 1. The quantitative estimate of drug-likeness (QED) is 0.687. The molecule has 0 saturated carbocycles. The number of Topliss-reactive ketones (excluding diaryl/α,β-unsaturated/α-hetero) is 1. The van der Waals surface area contributed by atoms with Gasteiger partial charge in [-0.3, -0.25) is 9.78 Å². The SMILES string of the molecule is NCC(=O)CCOC(=O)Oc1ccc(CO)nc1. The molecule has 98 valence electrons. The second kappa shape index (κ2) is 7.36. The largest absolute Gasteiger partial charge is 0.513 e. The van der Waals surface area contributed by atoms with Crippen molar-refractivity contribution < 1.29 is 24.2 Å². The van der Waals surface area contributed by atoms with E-state index in [0.29, 0.717) is 5.69 Å². The van der Waals surface area contributed by atoms with E-state index in [-0.39, 0.29) is 37.7 Å². The third-order valence-electron chi connectivity index (χ3n) is 1.99. The first kappa shape index (κ1) is 14.1. The summed E-state index contributed by atoms with van der Waals surface area (Å²) in [5.41, 5.74) is 5.55. The van der Waals surface area contributed by atoms with Crippen LogP contribution >= 0.6 is 0 Å². The molecular formula is C11H14N2O5. The van der Waals surface area contributed by atoms with Crippen molar-refractivity contribution in [3.63, 3.8) is 0 Å². The molecule has 7 heteroatoms. The number of carbonyl (C=O) groups excluding carboxylic acids is 2. The highest BCUT2D eigenvalue weighted by atomic mass is 16.7. The molecule has 0 aliphatic carbocycles. The summed E-state index contributed by atoms with van der Waals surface area (Å²) in [4.78, 5) is 25.8. The van der Waals surface area contributed by atoms with E-state index in [1.54, 1.807) is 0 Å². The van der Waals surface area contributed by atoms with Crippen LogP contribution in [-0.4, -0.2) is 35.2 Å². The molecule has 3 N–H and O–H groups in total. The minimum atomic E-state index is -0.918. The van der Waals surface area contributed by atoms with Gasteiger partial charge < -0.3 is 20.3 Å². The van der Waals surface area contributed by atoms with Crippen LogP contribution in [-0.2, 0) is 16.1 Å². The van der Waals surface area contributed by atoms with Gasteiger partial charge in [0.05, 0.1) is 25.0 Å². The Morgan fingerprint density at radius 2 is 2.17 bits per heavy atom. The summed E-state index contributed by atoms with van der Waals surface area (Å²) in [6.07, 6.45) is 0.434. The molecule has 0 radical (unpaired) electrons. The fourth-order valence-corrected chi connectivity index (χ4v) is 1.04. The molecule has 0 bridgehead atoms. The molecule has 0 unspecified atom stereocenters. The Morgan fingerprint density at radius 3 is 2.72 bits per heavy atom. The molecule has 1 aromatic heterocycles. The monoisotopic (exact) mass is 254 g/mol. The number of hydrogen-bond acceptors (Lipinski definition) is 7. The van der Waals surface area contributed by atoms with Gasteiger partial charge in [-0.15, -0.1) is 0 Å². The Morgan fingerprint density at radius 1 is 1.39 bits per heavy atom. The average molecular weight is 254 g/mol. The van der Waals surface area contributed by atoms with Crippen LogP contribution in [0.5, 0.6) is 5.75 Å². The number of ketones is 1. The lowest BCUT2D eigenvalue weighted by atomic mass is 10.3. The van der Waals surface area contributed by atoms with E-state index in [1.165, 1.54) is 18.3 Å². The zero-order valence-electron chi connectivity index (χ0n) is 9.67. The highest BCUT2D eigenvalue weighted by Gasteiger charge is 2.07. The Kier molecular flexibility index (Phi) is 5.75. The molecule has 0 aliphatic heterocycles. The second-order valence-corrected chi connectivity index (χ2v) is 3.34. The molecule has 0 fully saturated rings. The molecule has 0 saturated heterocycles. The van der Waals surface area contributed by atoms with Gasteiger partial charge in [-0.05, 0) is 12.1 Å². The summed E-state index contributed by atoms with van der Waals surface area (Å²) in [6, 6.07) is 2.99. The van der Waals surface area contributed by atoms with Crippen LogP contribution < -0.4 is 10.5 Å². The van der Waals surface area contributed by atoms with Gasteiger partial charge in [0, 0.05) is 6.42 Å². The highest BCUT2D eigenvalue weighted by Crippen LogP contribution is 2.09. The van der Waals surface area contributed by atoms with Crippen molar-refractivity contribution in [1.82, 2.24) is 4.98 Å². The first-order valence-electron chi connectivity index (χ1n) is 5.28. The summed E-state index contributed by atoms with van der Waals surface area (Å²) in [5, 5.41) is 8.76. The third-order valence-corrected chi connectivity index (χ3v) is 1.99. The highest BCUT2D eigenvalue weighted by molar-refractivity contribution is 5.80. The predicted octanol–water partition coefficient (Wildman–Crippen LogP) is 0.00720. The number of aliphatic hydroxyl groups is 1. The van der Waals surface area contributed by atoms with Crippen LogP contribution in [0.1, 0.15) is 12.1 Å². The standard InChI is InChI=1S/C11H14N2O5/c12-5-9(15)3-4-17-11(16)18-10-2-1-8(7-14)13-6-10/h1-2,6,14H,3-5,7,12H2. The summed E-state index contributed by atoms with van der Waals surface area (Å²) < 4.78 is 9.44. The lowest BCUT2D eigenvalue weighted by Gasteiger charge is -2.05. The number of hydrogen-bond donors (Lipinski definition) is 2. The zero-order valence-corrected chi connectivity index (χ0v) is 9.67. The Labute approximate surface area is 104 Å². The van der Waals surface area contributed by atoms with Crippen molar-refractivity contribution >= 4 is 11.9 Å². The molecule has 1 aromatic rings. The van der Waals surface area contributed by atoms with Crippen LogP contribution in [0.3, 0.4) is 0 Å². The number of nitrogens with zero attached hydrogens (tertiary/aromatic N) is 1. The maximum absolute atomic E-state index is 11.2. The van der Waals surface area contributed by atoms with E-state index >= 15 is 0 Å². The minimum Gasteiger partial charge on any atom is -0.434 e. The van der Waals surface area contributed by atoms with Gasteiger partial charge in [-0.25, -0.2) is 4.79 Å². The van der Waals surface area contributed by atoms with Gasteiger partial charge in [0.15, 0.2) is 5.75 Å². The van der Waals surface area contributed by atoms with E-state index in [2.05, 4.69) is 9.72 Å². The molecule has 7 nitrogen and oxygen atoms in total. The maximum Gasteiger partial charge on any atom is 0.513 e. The molecule has 1 rings (SSSR count).